The van der Waals surface area contributed by atoms with Gasteiger partial charge in [-0.15, -0.1) is 0 Å². The molecule has 128 valence electrons. The van der Waals surface area contributed by atoms with Crippen molar-refractivity contribution < 1.29 is 19.1 Å². The summed E-state index contributed by atoms with van der Waals surface area (Å²) >= 11 is 0. The highest BCUT2D eigenvalue weighted by atomic mass is 16.5. The Bertz CT molecular complexity index is 295. The highest BCUT2D eigenvalue weighted by molar-refractivity contribution is 5.82. The minimum absolute atomic E-state index is 0.202. The van der Waals surface area contributed by atoms with E-state index in [1.165, 1.54) is 0 Å². The number of esters is 2. The van der Waals surface area contributed by atoms with E-state index in [2.05, 4.69) is 13.8 Å². The number of carbonyl (C=O) groups is 2. The predicted molar refractivity (Wildman–Crippen MR) is 86.4 cm³/mol. The van der Waals surface area contributed by atoms with Gasteiger partial charge in [-0.05, 0) is 25.7 Å². The second-order valence-electron chi connectivity index (χ2n) is 6.25. The summed E-state index contributed by atoms with van der Waals surface area (Å²) in [6.07, 6.45) is 9.65. The molecule has 1 saturated carbocycles. The van der Waals surface area contributed by atoms with Crippen LogP contribution in [-0.2, 0) is 19.1 Å². The number of ether oxygens (including phenoxy) is 2. The van der Waals surface area contributed by atoms with E-state index in [1.54, 1.807) is 0 Å². The zero-order valence-corrected chi connectivity index (χ0v) is 14.3. The van der Waals surface area contributed by atoms with Crippen molar-refractivity contribution in [2.24, 2.45) is 11.8 Å². The van der Waals surface area contributed by atoms with Crippen molar-refractivity contribution in [2.45, 2.75) is 78.1 Å². The number of hydrogen-bond donors (Lipinski definition) is 0. The van der Waals surface area contributed by atoms with E-state index in [-0.39, 0.29) is 23.8 Å². The van der Waals surface area contributed by atoms with Crippen molar-refractivity contribution in [3.63, 3.8) is 0 Å². The van der Waals surface area contributed by atoms with Crippen molar-refractivity contribution in [3.8, 4) is 0 Å². The minimum Gasteiger partial charge on any atom is -0.465 e. The molecule has 0 spiro atoms. The molecule has 4 heteroatoms. The second-order valence-corrected chi connectivity index (χ2v) is 6.25. The number of rotatable bonds is 10. The van der Waals surface area contributed by atoms with Gasteiger partial charge in [0.1, 0.15) is 0 Å². The van der Waals surface area contributed by atoms with Crippen LogP contribution in [0.15, 0.2) is 0 Å². The van der Waals surface area contributed by atoms with Crippen molar-refractivity contribution >= 4 is 11.9 Å². The molecule has 1 fully saturated rings. The monoisotopic (exact) mass is 312 g/mol. The summed E-state index contributed by atoms with van der Waals surface area (Å²) in [4.78, 5) is 24.4. The van der Waals surface area contributed by atoms with E-state index < -0.39 is 0 Å². The lowest BCUT2D eigenvalue weighted by Gasteiger charge is -2.28. The van der Waals surface area contributed by atoms with E-state index in [0.29, 0.717) is 13.2 Å². The third kappa shape index (κ3) is 6.80. The van der Waals surface area contributed by atoms with Gasteiger partial charge in [-0.25, -0.2) is 0 Å². The Morgan fingerprint density at radius 2 is 1.18 bits per heavy atom. The topological polar surface area (TPSA) is 52.6 Å². The average molecular weight is 312 g/mol. The maximum Gasteiger partial charge on any atom is 0.309 e. The molecule has 0 heterocycles. The molecule has 2 atom stereocenters. The molecule has 22 heavy (non-hydrogen) atoms. The summed E-state index contributed by atoms with van der Waals surface area (Å²) in [6.45, 7) is 5.18. The van der Waals surface area contributed by atoms with Gasteiger partial charge in [-0.1, -0.05) is 52.4 Å². The quantitative estimate of drug-likeness (QED) is 0.447. The second kappa shape index (κ2) is 11.5. The first kappa shape index (κ1) is 19.0. The third-order valence-corrected chi connectivity index (χ3v) is 4.36. The predicted octanol–water partition coefficient (Wildman–Crippen LogP) is 4.26. The molecular formula is C18H32O4. The van der Waals surface area contributed by atoms with Gasteiger partial charge in [0.25, 0.3) is 0 Å². The standard InChI is InChI=1S/C18H32O4/c1-3-5-9-13-21-17(19)15-11-7-8-12-16(15)18(20)22-14-10-6-4-2/h15-16H,3-14H2,1-2H3. The summed E-state index contributed by atoms with van der Waals surface area (Å²) in [5, 5.41) is 0. The van der Waals surface area contributed by atoms with Gasteiger partial charge in [0.05, 0.1) is 25.0 Å². The highest BCUT2D eigenvalue weighted by Gasteiger charge is 2.37. The highest BCUT2D eigenvalue weighted by Crippen LogP contribution is 2.32. The van der Waals surface area contributed by atoms with Crippen LogP contribution in [0.2, 0.25) is 0 Å². The van der Waals surface area contributed by atoms with Gasteiger partial charge >= 0.3 is 11.9 Å². The molecule has 0 aromatic heterocycles. The molecule has 1 aliphatic carbocycles. The van der Waals surface area contributed by atoms with E-state index in [1.807, 2.05) is 0 Å². The Morgan fingerprint density at radius 3 is 1.55 bits per heavy atom. The van der Waals surface area contributed by atoms with Crippen molar-refractivity contribution in [2.75, 3.05) is 13.2 Å². The van der Waals surface area contributed by atoms with E-state index in [9.17, 15) is 9.59 Å². The number of carbonyl (C=O) groups excluding carboxylic acids is 2. The third-order valence-electron chi connectivity index (χ3n) is 4.36. The molecule has 1 aliphatic rings. The lowest BCUT2D eigenvalue weighted by Crippen LogP contribution is -2.35. The summed E-state index contributed by atoms with van der Waals surface area (Å²) in [6, 6.07) is 0. The molecule has 2 unspecified atom stereocenters. The van der Waals surface area contributed by atoms with E-state index >= 15 is 0 Å². The lowest BCUT2D eigenvalue weighted by molar-refractivity contribution is -0.163. The first-order valence-corrected chi connectivity index (χ1v) is 9.04. The maximum absolute atomic E-state index is 12.2. The van der Waals surface area contributed by atoms with Crippen molar-refractivity contribution in [1.29, 1.82) is 0 Å². The molecule has 0 aromatic carbocycles. The molecule has 0 aliphatic heterocycles. The van der Waals surface area contributed by atoms with Crippen LogP contribution < -0.4 is 0 Å². The minimum atomic E-state index is -0.297. The number of hydrogen-bond acceptors (Lipinski definition) is 4. The van der Waals surface area contributed by atoms with Crippen LogP contribution >= 0.6 is 0 Å². The van der Waals surface area contributed by atoms with Gasteiger partial charge < -0.3 is 9.47 Å². The summed E-state index contributed by atoms with van der Waals surface area (Å²) in [5.74, 6) is -0.999. The van der Waals surface area contributed by atoms with Crippen LogP contribution in [-0.4, -0.2) is 25.2 Å². The maximum atomic E-state index is 12.2. The fourth-order valence-corrected chi connectivity index (χ4v) is 2.96. The van der Waals surface area contributed by atoms with Gasteiger partial charge in [-0.2, -0.15) is 0 Å². The smallest absolute Gasteiger partial charge is 0.309 e. The van der Waals surface area contributed by atoms with E-state index in [0.717, 1.165) is 64.2 Å². The van der Waals surface area contributed by atoms with Gasteiger partial charge in [-0.3, -0.25) is 9.59 Å². The van der Waals surface area contributed by atoms with Crippen LogP contribution in [0, 0.1) is 11.8 Å². The SMILES string of the molecule is CCCCCOC(=O)C1CCCCC1C(=O)OCCCCC. The van der Waals surface area contributed by atoms with Crippen molar-refractivity contribution in [1.82, 2.24) is 0 Å². The molecule has 0 radical (unpaired) electrons. The summed E-state index contributed by atoms with van der Waals surface area (Å²) < 4.78 is 10.7. The molecule has 0 saturated heterocycles. The van der Waals surface area contributed by atoms with Crippen LogP contribution in [0.1, 0.15) is 78.1 Å². The van der Waals surface area contributed by atoms with Crippen LogP contribution in [0.3, 0.4) is 0 Å². The molecule has 0 N–H and O–H groups in total. The Labute approximate surface area is 134 Å². The molecule has 4 nitrogen and oxygen atoms in total. The van der Waals surface area contributed by atoms with Crippen molar-refractivity contribution in [3.05, 3.63) is 0 Å². The zero-order chi connectivity index (χ0) is 16.2. The fraction of sp³-hybridized carbons (Fsp3) is 0.889. The zero-order valence-electron chi connectivity index (χ0n) is 14.3. The first-order valence-electron chi connectivity index (χ1n) is 9.04. The number of unbranched alkanes of at least 4 members (excludes halogenated alkanes) is 4. The van der Waals surface area contributed by atoms with Gasteiger partial charge in [0.15, 0.2) is 0 Å². The summed E-state index contributed by atoms with van der Waals surface area (Å²) in [5.41, 5.74) is 0. The molecule has 0 aromatic rings. The Morgan fingerprint density at radius 1 is 0.773 bits per heavy atom. The van der Waals surface area contributed by atoms with E-state index in [4.69, 9.17) is 9.47 Å². The summed E-state index contributed by atoms with van der Waals surface area (Å²) in [7, 11) is 0. The van der Waals surface area contributed by atoms with Gasteiger partial charge in [0.2, 0.25) is 0 Å². The molecular weight excluding hydrogens is 280 g/mol. The normalized spacial score (nSPS) is 21.4. The molecule has 0 bridgehead atoms. The largest absolute Gasteiger partial charge is 0.465 e. The molecule has 1 rings (SSSR count). The Hall–Kier alpha value is -1.06. The first-order chi connectivity index (χ1) is 10.7. The Kier molecular flexibility index (Phi) is 9.93. The lowest BCUT2D eigenvalue weighted by atomic mass is 9.79. The van der Waals surface area contributed by atoms with Gasteiger partial charge in [0, 0.05) is 0 Å². The average Bonchev–Trinajstić information content (AvgIpc) is 2.55. The van der Waals surface area contributed by atoms with Crippen LogP contribution in [0.5, 0.6) is 0 Å². The fourth-order valence-electron chi connectivity index (χ4n) is 2.96. The van der Waals surface area contributed by atoms with Crippen LogP contribution in [0.4, 0.5) is 0 Å². The molecule has 0 amide bonds. The van der Waals surface area contributed by atoms with Crippen LogP contribution in [0.25, 0.3) is 0 Å². The Balaban J connectivity index is 2.40.